The summed E-state index contributed by atoms with van der Waals surface area (Å²) in [6.45, 7) is 0.104. The number of hydrogen-bond acceptors (Lipinski definition) is 5. The number of halogens is 1. The van der Waals surface area contributed by atoms with Crippen molar-refractivity contribution in [1.29, 1.82) is 0 Å². The number of aromatic nitrogens is 1. The lowest BCUT2D eigenvalue weighted by atomic mass is 9.95. The Labute approximate surface area is 206 Å². The first-order valence-corrected chi connectivity index (χ1v) is 11.3. The number of ketones is 1. The van der Waals surface area contributed by atoms with Gasteiger partial charge in [-0.15, -0.1) is 0 Å². The first-order chi connectivity index (χ1) is 17.5. The fourth-order valence-electron chi connectivity index (χ4n) is 4.21. The maximum absolute atomic E-state index is 13.5. The SMILES string of the molecule is O=C1C(=O)N(Cc2cccnc2)C(c2cccc(Oc3ccccc3)c2)C1=C(O)c1ccc(F)cc1. The van der Waals surface area contributed by atoms with Gasteiger partial charge in [0.25, 0.3) is 11.7 Å². The van der Waals surface area contributed by atoms with E-state index >= 15 is 0 Å². The molecule has 1 aromatic heterocycles. The van der Waals surface area contributed by atoms with E-state index in [1.54, 1.807) is 48.8 Å². The van der Waals surface area contributed by atoms with Crippen LogP contribution in [0.5, 0.6) is 11.5 Å². The van der Waals surface area contributed by atoms with Crippen LogP contribution in [-0.4, -0.2) is 26.7 Å². The van der Waals surface area contributed by atoms with Crippen LogP contribution < -0.4 is 4.74 Å². The molecule has 0 radical (unpaired) electrons. The lowest BCUT2D eigenvalue weighted by Crippen LogP contribution is -2.29. The predicted molar refractivity (Wildman–Crippen MR) is 131 cm³/mol. The minimum Gasteiger partial charge on any atom is -0.507 e. The van der Waals surface area contributed by atoms with E-state index in [9.17, 15) is 19.1 Å². The maximum Gasteiger partial charge on any atom is 0.295 e. The number of aliphatic hydroxyl groups excluding tert-OH is 1. The molecule has 6 nitrogen and oxygen atoms in total. The molecule has 1 saturated heterocycles. The molecule has 1 aliphatic rings. The average Bonchev–Trinajstić information content (AvgIpc) is 3.15. The number of ether oxygens (including phenoxy) is 1. The second-order valence-corrected chi connectivity index (χ2v) is 8.28. The number of aliphatic hydroxyl groups is 1. The van der Waals surface area contributed by atoms with Gasteiger partial charge in [0.1, 0.15) is 23.1 Å². The second kappa shape index (κ2) is 9.84. The Morgan fingerprint density at radius 1 is 0.917 bits per heavy atom. The summed E-state index contributed by atoms with van der Waals surface area (Å²) < 4.78 is 19.4. The zero-order valence-corrected chi connectivity index (χ0v) is 19.0. The van der Waals surface area contributed by atoms with Crippen molar-refractivity contribution in [2.45, 2.75) is 12.6 Å². The summed E-state index contributed by atoms with van der Waals surface area (Å²) in [5, 5.41) is 11.1. The molecular weight excluding hydrogens is 459 g/mol. The summed E-state index contributed by atoms with van der Waals surface area (Å²) in [5.74, 6) is -1.29. The molecule has 1 amide bonds. The highest BCUT2D eigenvalue weighted by Crippen LogP contribution is 2.41. The van der Waals surface area contributed by atoms with Gasteiger partial charge in [0.05, 0.1) is 11.6 Å². The van der Waals surface area contributed by atoms with E-state index in [0.717, 1.165) is 5.56 Å². The molecule has 0 spiro atoms. The normalized spacial score (nSPS) is 16.8. The van der Waals surface area contributed by atoms with Crippen molar-refractivity contribution < 1.29 is 23.8 Å². The summed E-state index contributed by atoms with van der Waals surface area (Å²) in [6.07, 6.45) is 3.24. The van der Waals surface area contributed by atoms with Crippen LogP contribution in [0.15, 0.2) is 109 Å². The zero-order chi connectivity index (χ0) is 25.1. The van der Waals surface area contributed by atoms with Crippen molar-refractivity contribution in [1.82, 2.24) is 9.88 Å². The highest BCUT2D eigenvalue weighted by molar-refractivity contribution is 6.46. The second-order valence-electron chi connectivity index (χ2n) is 8.28. The highest BCUT2D eigenvalue weighted by Gasteiger charge is 2.46. The predicted octanol–water partition coefficient (Wildman–Crippen LogP) is 5.63. The van der Waals surface area contributed by atoms with Crippen LogP contribution in [0.1, 0.15) is 22.7 Å². The molecule has 1 unspecified atom stereocenters. The number of para-hydroxylation sites is 1. The Morgan fingerprint density at radius 2 is 1.67 bits per heavy atom. The number of pyridine rings is 1. The van der Waals surface area contributed by atoms with E-state index in [0.29, 0.717) is 17.1 Å². The Morgan fingerprint density at radius 3 is 2.39 bits per heavy atom. The van der Waals surface area contributed by atoms with Gasteiger partial charge in [-0.3, -0.25) is 14.6 Å². The van der Waals surface area contributed by atoms with Gasteiger partial charge in [-0.1, -0.05) is 36.4 Å². The molecule has 0 aliphatic carbocycles. The van der Waals surface area contributed by atoms with Gasteiger partial charge in [-0.2, -0.15) is 0 Å². The van der Waals surface area contributed by atoms with Crippen LogP contribution in [0.3, 0.4) is 0 Å². The minimum absolute atomic E-state index is 0.0765. The molecule has 1 aliphatic heterocycles. The van der Waals surface area contributed by atoms with Crippen molar-refractivity contribution >= 4 is 17.4 Å². The molecule has 5 rings (SSSR count). The summed E-state index contributed by atoms with van der Waals surface area (Å²) in [6, 6.07) is 24.0. The number of benzene rings is 3. The summed E-state index contributed by atoms with van der Waals surface area (Å²) in [4.78, 5) is 31.9. The molecule has 0 saturated carbocycles. The molecule has 1 atom stereocenters. The van der Waals surface area contributed by atoms with E-state index in [4.69, 9.17) is 4.74 Å². The average molecular weight is 480 g/mol. The molecule has 2 heterocycles. The number of amides is 1. The van der Waals surface area contributed by atoms with Gasteiger partial charge >= 0.3 is 0 Å². The molecule has 3 aromatic carbocycles. The molecule has 1 fully saturated rings. The van der Waals surface area contributed by atoms with Crippen molar-refractivity contribution in [2.75, 3.05) is 0 Å². The number of carbonyl (C=O) groups is 2. The van der Waals surface area contributed by atoms with Gasteiger partial charge in [0, 0.05) is 24.5 Å². The van der Waals surface area contributed by atoms with Crippen LogP contribution in [0.25, 0.3) is 5.76 Å². The first kappa shape index (κ1) is 23.0. The molecule has 178 valence electrons. The van der Waals surface area contributed by atoms with E-state index in [-0.39, 0.29) is 23.4 Å². The van der Waals surface area contributed by atoms with Gasteiger partial charge in [0.2, 0.25) is 0 Å². The Balaban J connectivity index is 1.61. The van der Waals surface area contributed by atoms with Crippen LogP contribution in [0, 0.1) is 5.82 Å². The molecule has 36 heavy (non-hydrogen) atoms. The number of carbonyl (C=O) groups excluding carboxylic acids is 2. The topological polar surface area (TPSA) is 79.7 Å². The highest BCUT2D eigenvalue weighted by atomic mass is 19.1. The van der Waals surface area contributed by atoms with Crippen molar-refractivity contribution in [2.24, 2.45) is 0 Å². The van der Waals surface area contributed by atoms with E-state index in [2.05, 4.69) is 4.98 Å². The summed E-state index contributed by atoms with van der Waals surface area (Å²) in [5.41, 5.74) is 1.46. The van der Waals surface area contributed by atoms with Crippen LogP contribution in [0.4, 0.5) is 4.39 Å². The number of Topliss-reactive ketones (excluding diaryl/α,β-unsaturated/α-hetero) is 1. The number of hydrogen-bond donors (Lipinski definition) is 1. The largest absolute Gasteiger partial charge is 0.507 e. The number of nitrogens with zero attached hydrogens (tertiary/aromatic N) is 2. The monoisotopic (exact) mass is 480 g/mol. The zero-order valence-electron chi connectivity index (χ0n) is 19.0. The van der Waals surface area contributed by atoms with Crippen molar-refractivity contribution in [3.05, 3.63) is 131 Å². The van der Waals surface area contributed by atoms with Gasteiger partial charge in [0.15, 0.2) is 0 Å². The third-order valence-electron chi connectivity index (χ3n) is 5.89. The Bertz CT molecular complexity index is 1440. The minimum atomic E-state index is -0.894. The number of rotatable bonds is 6. The van der Waals surface area contributed by atoms with Crippen LogP contribution in [-0.2, 0) is 16.1 Å². The third-order valence-corrected chi connectivity index (χ3v) is 5.89. The Hall–Kier alpha value is -4.78. The van der Waals surface area contributed by atoms with Gasteiger partial charge < -0.3 is 14.7 Å². The van der Waals surface area contributed by atoms with E-state index in [1.165, 1.54) is 29.2 Å². The van der Waals surface area contributed by atoms with Crippen LogP contribution in [0.2, 0.25) is 0 Å². The summed E-state index contributed by atoms with van der Waals surface area (Å²) >= 11 is 0. The van der Waals surface area contributed by atoms with Crippen molar-refractivity contribution in [3.63, 3.8) is 0 Å². The molecule has 7 heteroatoms. The van der Waals surface area contributed by atoms with Gasteiger partial charge in [-0.25, -0.2) is 4.39 Å². The van der Waals surface area contributed by atoms with E-state index < -0.39 is 23.5 Å². The molecule has 1 N–H and O–H groups in total. The van der Waals surface area contributed by atoms with Crippen molar-refractivity contribution in [3.8, 4) is 11.5 Å². The van der Waals surface area contributed by atoms with Crippen LogP contribution >= 0.6 is 0 Å². The lowest BCUT2D eigenvalue weighted by Gasteiger charge is -2.25. The fraction of sp³-hybridized carbons (Fsp3) is 0.0690. The smallest absolute Gasteiger partial charge is 0.295 e. The fourth-order valence-corrected chi connectivity index (χ4v) is 4.21. The number of likely N-dealkylation sites (tertiary alicyclic amines) is 1. The first-order valence-electron chi connectivity index (χ1n) is 11.3. The Kier molecular flexibility index (Phi) is 6.28. The molecular formula is C29H21FN2O4. The standard InChI is InChI=1S/C29H21FN2O4/c30-22-13-11-20(12-14-22)27(33)25-26(32(29(35)28(25)34)18-19-6-5-15-31-17-19)21-7-4-10-24(16-21)36-23-8-2-1-3-9-23/h1-17,26,33H,18H2. The van der Waals surface area contributed by atoms with Gasteiger partial charge in [-0.05, 0) is 65.7 Å². The maximum atomic E-state index is 13.5. The quantitative estimate of drug-likeness (QED) is 0.220. The molecule has 0 bridgehead atoms. The lowest BCUT2D eigenvalue weighted by molar-refractivity contribution is -0.140. The molecule has 4 aromatic rings. The van der Waals surface area contributed by atoms with E-state index in [1.807, 2.05) is 30.3 Å². The summed E-state index contributed by atoms with van der Waals surface area (Å²) in [7, 11) is 0. The third kappa shape index (κ3) is 4.59.